The quantitative estimate of drug-likeness (QED) is 0.811. The predicted octanol–water partition coefficient (Wildman–Crippen LogP) is 1.25. The van der Waals surface area contributed by atoms with Crippen molar-refractivity contribution in [3.8, 4) is 0 Å². The number of hydrogen-bond donors (Lipinski definition) is 0. The molecule has 0 aliphatic carbocycles. The van der Waals surface area contributed by atoms with E-state index in [1.54, 1.807) is 29.6 Å². The lowest BCUT2D eigenvalue weighted by Crippen LogP contribution is -2.33. The van der Waals surface area contributed by atoms with Gasteiger partial charge in [-0.25, -0.2) is 0 Å². The first kappa shape index (κ1) is 19.1. The molecule has 2 amide bonds. The molecule has 0 bridgehead atoms. The molecule has 3 rings (SSSR count). The number of hydrogen-bond acceptors (Lipinski definition) is 4. The molecule has 2 aromatic heterocycles. The fraction of sp³-hybridized carbons (Fsp3) is 0.579. The molecule has 0 saturated heterocycles. The van der Waals surface area contributed by atoms with Gasteiger partial charge in [0.1, 0.15) is 17.9 Å². The summed E-state index contributed by atoms with van der Waals surface area (Å²) in [5.41, 5.74) is 1.36. The number of likely N-dealkylation sites (N-methyl/N-ethyl adjacent to an activating group) is 1. The highest BCUT2D eigenvalue weighted by Gasteiger charge is 2.36. The molecule has 0 unspecified atom stereocenters. The Labute approximate surface area is 158 Å². The number of aromatic nitrogens is 3. The van der Waals surface area contributed by atoms with Crippen molar-refractivity contribution in [2.75, 3.05) is 14.1 Å². The number of amides is 2. The maximum Gasteiger partial charge on any atom is 0.280 e. The minimum absolute atomic E-state index is 0.0218. The zero-order valence-corrected chi connectivity index (χ0v) is 17.0. The van der Waals surface area contributed by atoms with Crippen LogP contribution < -0.4 is 5.56 Å². The van der Waals surface area contributed by atoms with E-state index >= 15 is 0 Å². The second kappa shape index (κ2) is 6.21. The molecule has 0 radical (unpaired) electrons. The van der Waals surface area contributed by atoms with E-state index in [1.807, 2.05) is 34.6 Å². The number of fused-ring (bicyclic) bond motifs is 2. The van der Waals surface area contributed by atoms with E-state index in [-0.39, 0.29) is 41.9 Å². The van der Waals surface area contributed by atoms with E-state index in [0.717, 1.165) is 5.69 Å². The largest absolute Gasteiger partial charge is 0.347 e. The third-order valence-corrected chi connectivity index (χ3v) is 4.95. The van der Waals surface area contributed by atoms with Crippen LogP contribution in [0.15, 0.2) is 10.9 Å². The van der Waals surface area contributed by atoms with E-state index < -0.39 is 0 Å². The van der Waals surface area contributed by atoms with Crippen LogP contribution in [-0.2, 0) is 23.3 Å². The maximum atomic E-state index is 13.1. The molecular formula is C19H27N5O3. The van der Waals surface area contributed by atoms with Gasteiger partial charge in [0.25, 0.3) is 11.5 Å². The molecule has 1 aliphatic rings. The highest BCUT2D eigenvalue weighted by Crippen LogP contribution is 2.27. The Balaban J connectivity index is 2.33. The van der Waals surface area contributed by atoms with Gasteiger partial charge in [0.2, 0.25) is 5.91 Å². The maximum absolute atomic E-state index is 13.1. The standard InChI is InChI=1S/C19H27N5O3/c1-11(2)22-9-12-16(18(22)27)23(10-15(25)21(6)7)14-8-13(19(3,4)5)20-24(14)17(12)26/h8,11H,9-10H2,1-7H3. The Morgan fingerprint density at radius 2 is 1.89 bits per heavy atom. The average molecular weight is 373 g/mol. The lowest BCUT2D eigenvalue weighted by molar-refractivity contribution is -0.129. The van der Waals surface area contributed by atoms with E-state index in [1.165, 1.54) is 9.42 Å². The van der Waals surface area contributed by atoms with Crippen LogP contribution in [0.25, 0.3) is 5.65 Å². The van der Waals surface area contributed by atoms with Gasteiger partial charge in [-0.3, -0.25) is 14.4 Å². The first-order chi connectivity index (χ1) is 12.4. The SMILES string of the molecule is CC(C)N1Cc2c(n(CC(=O)N(C)C)c3cc(C(C)(C)C)nn3c2=O)C1=O. The van der Waals surface area contributed by atoms with Gasteiger partial charge in [0.05, 0.1) is 17.8 Å². The van der Waals surface area contributed by atoms with Gasteiger partial charge < -0.3 is 14.4 Å². The second-order valence-electron chi connectivity index (χ2n) is 8.58. The van der Waals surface area contributed by atoms with Crippen LogP contribution in [0.4, 0.5) is 0 Å². The third kappa shape index (κ3) is 3.02. The van der Waals surface area contributed by atoms with E-state index in [4.69, 9.17) is 0 Å². The Hall–Kier alpha value is -2.64. The van der Waals surface area contributed by atoms with Crippen molar-refractivity contribution in [2.24, 2.45) is 0 Å². The van der Waals surface area contributed by atoms with Crippen LogP contribution in [-0.4, -0.2) is 55.9 Å². The van der Waals surface area contributed by atoms with Gasteiger partial charge in [-0.2, -0.15) is 9.61 Å². The molecule has 0 aromatic carbocycles. The molecule has 0 saturated carbocycles. The van der Waals surface area contributed by atoms with Gasteiger partial charge in [-0.15, -0.1) is 0 Å². The third-order valence-electron chi connectivity index (χ3n) is 4.95. The van der Waals surface area contributed by atoms with Crippen molar-refractivity contribution < 1.29 is 9.59 Å². The molecule has 1 aliphatic heterocycles. The number of nitrogens with zero attached hydrogens (tertiary/aromatic N) is 5. The summed E-state index contributed by atoms with van der Waals surface area (Å²) in [5.74, 6) is -0.373. The lowest BCUT2D eigenvalue weighted by Gasteiger charge is -2.20. The number of carbonyl (C=O) groups is 2. The van der Waals surface area contributed by atoms with Gasteiger partial charge >= 0.3 is 0 Å². The first-order valence-corrected chi connectivity index (χ1v) is 9.10. The van der Waals surface area contributed by atoms with Crippen LogP contribution >= 0.6 is 0 Å². The number of rotatable bonds is 3. The molecule has 0 atom stereocenters. The Bertz CT molecular complexity index is 991. The Morgan fingerprint density at radius 1 is 1.26 bits per heavy atom. The molecule has 27 heavy (non-hydrogen) atoms. The summed E-state index contributed by atoms with van der Waals surface area (Å²) in [6, 6.07) is 1.76. The minimum atomic E-state index is -0.291. The summed E-state index contributed by atoms with van der Waals surface area (Å²) < 4.78 is 2.98. The summed E-state index contributed by atoms with van der Waals surface area (Å²) in [6.07, 6.45) is 0. The molecule has 0 N–H and O–H groups in total. The second-order valence-corrected chi connectivity index (χ2v) is 8.58. The molecule has 146 valence electrons. The van der Waals surface area contributed by atoms with Crippen molar-refractivity contribution in [1.29, 1.82) is 0 Å². The van der Waals surface area contributed by atoms with Crippen molar-refractivity contribution in [3.63, 3.8) is 0 Å². The molecule has 0 fully saturated rings. The smallest absolute Gasteiger partial charge is 0.280 e. The zero-order valence-electron chi connectivity index (χ0n) is 17.0. The monoisotopic (exact) mass is 373 g/mol. The van der Waals surface area contributed by atoms with E-state index in [9.17, 15) is 14.4 Å². The Morgan fingerprint density at radius 3 is 2.41 bits per heavy atom. The molecule has 2 aromatic rings. The van der Waals surface area contributed by atoms with Crippen LogP contribution in [0, 0.1) is 0 Å². The summed E-state index contributed by atoms with van der Waals surface area (Å²) in [7, 11) is 3.34. The van der Waals surface area contributed by atoms with Gasteiger partial charge in [-0.05, 0) is 13.8 Å². The van der Waals surface area contributed by atoms with Crippen LogP contribution in [0.3, 0.4) is 0 Å². The normalized spacial score (nSPS) is 14.4. The summed E-state index contributed by atoms with van der Waals surface area (Å²) >= 11 is 0. The zero-order chi connectivity index (χ0) is 20.3. The highest BCUT2D eigenvalue weighted by molar-refractivity contribution is 5.98. The summed E-state index contributed by atoms with van der Waals surface area (Å²) in [6.45, 7) is 10.1. The van der Waals surface area contributed by atoms with Crippen molar-refractivity contribution in [1.82, 2.24) is 24.0 Å². The average Bonchev–Trinajstić information content (AvgIpc) is 3.13. The lowest BCUT2D eigenvalue weighted by atomic mass is 9.93. The summed E-state index contributed by atoms with van der Waals surface area (Å²) in [5, 5.41) is 4.50. The van der Waals surface area contributed by atoms with Gasteiger partial charge in [-0.1, -0.05) is 20.8 Å². The molecule has 8 heteroatoms. The predicted molar refractivity (Wildman–Crippen MR) is 102 cm³/mol. The van der Waals surface area contributed by atoms with E-state index in [2.05, 4.69) is 5.10 Å². The van der Waals surface area contributed by atoms with Crippen LogP contribution in [0.2, 0.25) is 0 Å². The Kier molecular flexibility index (Phi) is 4.40. The molecule has 0 spiro atoms. The van der Waals surface area contributed by atoms with Crippen molar-refractivity contribution >= 4 is 17.5 Å². The summed E-state index contributed by atoms with van der Waals surface area (Å²) in [4.78, 5) is 41.6. The highest BCUT2D eigenvalue weighted by atomic mass is 16.2. The van der Waals surface area contributed by atoms with E-state index in [0.29, 0.717) is 16.9 Å². The van der Waals surface area contributed by atoms with Crippen molar-refractivity contribution in [3.05, 3.63) is 33.4 Å². The van der Waals surface area contributed by atoms with Gasteiger partial charge in [0, 0.05) is 31.6 Å². The van der Waals surface area contributed by atoms with Gasteiger partial charge in [0.15, 0.2) is 0 Å². The topological polar surface area (TPSA) is 79.9 Å². The molecule has 3 heterocycles. The molecular weight excluding hydrogens is 346 g/mol. The van der Waals surface area contributed by atoms with Crippen LogP contribution in [0.5, 0.6) is 0 Å². The number of carbonyl (C=O) groups excluding carboxylic acids is 2. The fourth-order valence-corrected chi connectivity index (χ4v) is 3.21. The van der Waals surface area contributed by atoms with Crippen LogP contribution in [0.1, 0.15) is 56.4 Å². The molecule has 8 nitrogen and oxygen atoms in total. The van der Waals surface area contributed by atoms with Crippen molar-refractivity contribution in [2.45, 2.75) is 59.2 Å². The fourth-order valence-electron chi connectivity index (χ4n) is 3.21. The minimum Gasteiger partial charge on any atom is -0.347 e. The first-order valence-electron chi connectivity index (χ1n) is 9.10.